The van der Waals surface area contributed by atoms with E-state index in [1.165, 1.54) is 5.56 Å². The highest BCUT2D eigenvalue weighted by molar-refractivity contribution is 5.90. The summed E-state index contributed by atoms with van der Waals surface area (Å²) in [6.45, 7) is 4.64. The minimum Gasteiger partial charge on any atom is -0.353 e. The average molecular weight is 307 g/mol. The van der Waals surface area contributed by atoms with Crippen LogP contribution in [0.1, 0.15) is 18.4 Å². The van der Waals surface area contributed by atoms with Crippen molar-refractivity contribution in [1.29, 1.82) is 10.5 Å². The fourth-order valence-corrected chi connectivity index (χ4v) is 3.48. The van der Waals surface area contributed by atoms with Crippen molar-refractivity contribution >= 4 is 5.84 Å². The number of aliphatic imine (C=N–C) groups is 1. The van der Waals surface area contributed by atoms with Gasteiger partial charge >= 0.3 is 0 Å². The normalized spacial score (nSPS) is 19.4. The summed E-state index contributed by atoms with van der Waals surface area (Å²) in [7, 11) is 0. The van der Waals surface area contributed by atoms with Crippen molar-refractivity contribution in [2.24, 2.45) is 10.9 Å². The fourth-order valence-electron chi connectivity index (χ4n) is 3.48. The lowest BCUT2D eigenvalue weighted by atomic mass is 10.0. The van der Waals surface area contributed by atoms with Crippen molar-refractivity contribution < 1.29 is 0 Å². The van der Waals surface area contributed by atoms with E-state index in [4.69, 9.17) is 10.5 Å². The molecule has 118 valence electrons. The Morgan fingerprint density at radius 3 is 2.43 bits per heavy atom. The summed E-state index contributed by atoms with van der Waals surface area (Å²) in [5.41, 5.74) is 1.35. The Morgan fingerprint density at radius 1 is 1.09 bits per heavy atom. The SMILES string of the molecule is N#CC(C#N)C1=NCCN1C1CCN(Cc2ccccc2)CC1. The Morgan fingerprint density at radius 2 is 1.78 bits per heavy atom. The summed E-state index contributed by atoms with van der Waals surface area (Å²) in [5.74, 6) is -0.0312. The van der Waals surface area contributed by atoms with Gasteiger partial charge in [-0.1, -0.05) is 30.3 Å². The number of piperidine rings is 1. The van der Waals surface area contributed by atoms with Gasteiger partial charge < -0.3 is 4.90 Å². The number of nitrogens with zero attached hydrogens (tertiary/aromatic N) is 5. The minimum absolute atomic E-state index is 0.410. The third-order valence-electron chi connectivity index (χ3n) is 4.67. The van der Waals surface area contributed by atoms with Crippen molar-refractivity contribution in [3.8, 4) is 12.1 Å². The molecular formula is C18H21N5. The van der Waals surface area contributed by atoms with E-state index in [-0.39, 0.29) is 0 Å². The van der Waals surface area contributed by atoms with Gasteiger partial charge in [-0.2, -0.15) is 10.5 Å². The zero-order chi connectivity index (χ0) is 16.1. The third kappa shape index (κ3) is 3.52. The summed E-state index contributed by atoms with van der Waals surface area (Å²) in [6, 6.07) is 15.1. The highest BCUT2D eigenvalue weighted by Gasteiger charge is 2.32. The average Bonchev–Trinajstić information content (AvgIpc) is 3.07. The second-order valence-electron chi connectivity index (χ2n) is 6.12. The lowest BCUT2D eigenvalue weighted by Gasteiger charge is -2.38. The number of hydrogen-bond acceptors (Lipinski definition) is 5. The predicted octanol–water partition coefficient (Wildman–Crippen LogP) is 2.03. The number of benzene rings is 1. The zero-order valence-electron chi connectivity index (χ0n) is 13.2. The van der Waals surface area contributed by atoms with Crippen LogP contribution in [0, 0.1) is 28.6 Å². The molecule has 0 N–H and O–H groups in total. The van der Waals surface area contributed by atoms with E-state index in [9.17, 15) is 0 Å². The summed E-state index contributed by atoms with van der Waals surface area (Å²) in [6.07, 6.45) is 2.13. The van der Waals surface area contributed by atoms with E-state index in [1.54, 1.807) is 0 Å². The maximum Gasteiger partial charge on any atom is 0.189 e. The number of hydrogen-bond donors (Lipinski definition) is 0. The standard InChI is InChI=1S/C18H21N5/c19-12-16(13-20)18-21-8-11-23(18)17-6-9-22(10-7-17)14-15-4-2-1-3-5-15/h1-5,16-17H,6-11,14H2. The highest BCUT2D eigenvalue weighted by atomic mass is 15.3. The smallest absolute Gasteiger partial charge is 0.189 e. The fraction of sp³-hybridized carbons (Fsp3) is 0.500. The summed E-state index contributed by atoms with van der Waals surface area (Å²) in [5, 5.41) is 18.2. The lowest BCUT2D eigenvalue weighted by molar-refractivity contribution is 0.152. The van der Waals surface area contributed by atoms with Crippen LogP contribution in [0.15, 0.2) is 35.3 Å². The lowest BCUT2D eigenvalue weighted by Crippen LogP contribution is -2.47. The molecule has 1 saturated heterocycles. The molecule has 5 heteroatoms. The first-order valence-corrected chi connectivity index (χ1v) is 8.18. The minimum atomic E-state index is -0.722. The van der Waals surface area contributed by atoms with E-state index in [0.717, 1.165) is 39.0 Å². The van der Waals surface area contributed by atoms with Crippen molar-refractivity contribution in [3.05, 3.63) is 35.9 Å². The molecule has 1 fully saturated rings. The van der Waals surface area contributed by atoms with Crippen LogP contribution in [0.25, 0.3) is 0 Å². The molecule has 23 heavy (non-hydrogen) atoms. The largest absolute Gasteiger partial charge is 0.353 e. The first-order valence-electron chi connectivity index (χ1n) is 8.18. The Kier molecular flexibility index (Phi) is 4.90. The Bertz CT molecular complexity index is 618. The number of likely N-dealkylation sites (tertiary alicyclic amines) is 1. The van der Waals surface area contributed by atoms with Crippen LogP contribution in [-0.2, 0) is 6.54 Å². The van der Waals surface area contributed by atoms with E-state index in [0.29, 0.717) is 18.4 Å². The molecule has 3 rings (SSSR count). The third-order valence-corrected chi connectivity index (χ3v) is 4.67. The van der Waals surface area contributed by atoms with Gasteiger partial charge in [0.1, 0.15) is 5.84 Å². The molecule has 0 amide bonds. The Balaban J connectivity index is 1.56. The van der Waals surface area contributed by atoms with Gasteiger partial charge in [0, 0.05) is 32.2 Å². The van der Waals surface area contributed by atoms with Crippen molar-refractivity contribution in [3.63, 3.8) is 0 Å². The number of amidine groups is 1. The van der Waals surface area contributed by atoms with E-state index < -0.39 is 5.92 Å². The monoisotopic (exact) mass is 307 g/mol. The van der Waals surface area contributed by atoms with Crippen LogP contribution in [0.2, 0.25) is 0 Å². The van der Waals surface area contributed by atoms with Gasteiger partial charge in [-0.25, -0.2) is 0 Å². The van der Waals surface area contributed by atoms with Gasteiger partial charge in [0.05, 0.1) is 18.7 Å². The Labute approximate surface area is 137 Å². The van der Waals surface area contributed by atoms with E-state index in [2.05, 4.69) is 51.2 Å². The molecule has 0 unspecified atom stereocenters. The van der Waals surface area contributed by atoms with Crippen molar-refractivity contribution in [1.82, 2.24) is 9.80 Å². The summed E-state index contributed by atoms with van der Waals surface area (Å²) < 4.78 is 0. The summed E-state index contributed by atoms with van der Waals surface area (Å²) >= 11 is 0. The molecule has 2 aliphatic rings. The van der Waals surface area contributed by atoms with E-state index in [1.807, 2.05) is 6.07 Å². The van der Waals surface area contributed by atoms with Gasteiger partial charge in [-0.3, -0.25) is 9.89 Å². The Hall–Kier alpha value is -2.37. The zero-order valence-corrected chi connectivity index (χ0v) is 13.2. The molecule has 0 saturated carbocycles. The first kappa shape index (κ1) is 15.5. The van der Waals surface area contributed by atoms with Crippen molar-refractivity contribution in [2.45, 2.75) is 25.4 Å². The van der Waals surface area contributed by atoms with Gasteiger partial charge in [0.15, 0.2) is 5.92 Å². The molecular weight excluding hydrogens is 286 g/mol. The second kappa shape index (κ2) is 7.26. The maximum absolute atomic E-state index is 9.12. The van der Waals surface area contributed by atoms with Gasteiger partial charge in [0.25, 0.3) is 0 Å². The van der Waals surface area contributed by atoms with Crippen LogP contribution in [0.4, 0.5) is 0 Å². The van der Waals surface area contributed by atoms with Crippen LogP contribution >= 0.6 is 0 Å². The molecule has 0 aromatic heterocycles. The molecule has 1 aromatic carbocycles. The quantitative estimate of drug-likeness (QED) is 0.853. The van der Waals surface area contributed by atoms with Crippen LogP contribution in [0.5, 0.6) is 0 Å². The van der Waals surface area contributed by atoms with Crippen LogP contribution in [-0.4, -0.2) is 47.9 Å². The van der Waals surface area contributed by atoms with Crippen LogP contribution in [0.3, 0.4) is 0 Å². The predicted molar refractivity (Wildman–Crippen MR) is 88.5 cm³/mol. The van der Waals surface area contributed by atoms with Gasteiger partial charge in [-0.05, 0) is 18.4 Å². The highest BCUT2D eigenvalue weighted by Crippen LogP contribution is 2.22. The van der Waals surface area contributed by atoms with E-state index >= 15 is 0 Å². The van der Waals surface area contributed by atoms with Crippen LogP contribution < -0.4 is 0 Å². The number of nitriles is 2. The molecule has 2 heterocycles. The molecule has 1 aromatic rings. The number of rotatable bonds is 4. The molecule has 0 radical (unpaired) electrons. The molecule has 0 bridgehead atoms. The topological polar surface area (TPSA) is 66.4 Å². The first-order chi connectivity index (χ1) is 11.3. The maximum atomic E-state index is 9.12. The molecule has 0 atom stereocenters. The molecule has 0 spiro atoms. The second-order valence-corrected chi connectivity index (χ2v) is 6.12. The van der Waals surface area contributed by atoms with Crippen molar-refractivity contribution in [2.75, 3.05) is 26.2 Å². The molecule has 2 aliphatic heterocycles. The molecule has 0 aliphatic carbocycles. The van der Waals surface area contributed by atoms with Gasteiger partial charge in [-0.15, -0.1) is 0 Å². The van der Waals surface area contributed by atoms with Gasteiger partial charge in [0.2, 0.25) is 0 Å². The summed E-state index contributed by atoms with van der Waals surface area (Å²) in [4.78, 5) is 9.09. The molecule has 5 nitrogen and oxygen atoms in total.